The molecule has 0 atom stereocenters. The van der Waals surface area contributed by atoms with Crippen molar-refractivity contribution in [1.82, 2.24) is 0 Å². The number of carbonyl (C=O) groups is 1. The van der Waals surface area contributed by atoms with Crippen molar-refractivity contribution < 1.29 is 18.7 Å². The van der Waals surface area contributed by atoms with Crippen LogP contribution in [0.2, 0.25) is 10.0 Å². The zero-order chi connectivity index (χ0) is 17.4. The molecular formula is C18H11Cl2NO4. The van der Waals surface area contributed by atoms with Gasteiger partial charge in [0.25, 0.3) is 5.91 Å². The molecule has 0 spiro atoms. The molecule has 0 bridgehead atoms. The van der Waals surface area contributed by atoms with E-state index in [1.165, 1.54) is 0 Å². The molecule has 3 aromatic rings. The SMILES string of the molecule is O=C(Nc1cccc2c1OCO2)c1ccc(-c2ccc(Cl)cc2Cl)o1. The van der Waals surface area contributed by atoms with Gasteiger partial charge >= 0.3 is 0 Å². The fraction of sp³-hybridized carbons (Fsp3) is 0.0556. The fourth-order valence-corrected chi connectivity index (χ4v) is 3.01. The van der Waals surface area contributed by atoms with Crippen molar-refractivity contribution in [3.8, 4) is 22.8 Å². The van der Waals surface area contributed by atoms with E-state index in [-0.39, 0.29) is 12.6 Å². The van der Waals surface area contributed by atoms with Crippen molar-refractivity contribution in [2.24, 2.45) is 0 Å². The highest BCUT2D eigenvalue weighted by molar-refractivity contribution is 6.36. The van der Waals surface area contributed by atoms with Crippen LogP contribution in [0.15, 0.2) is 52.9 Å². The summed E-state index contributed by atoms with van der Waals surface area (Å²) in [6.45, 7) is 0.127. The summed E-state index contributed by atoms with van der Waals surface area (Å²) in [4.78, 5) is 12.4. The number of hydrogen-bond acceptors (Lipinski definition) is 4. The maximum atomic E-state index is 12.4. The number of furan rings is 1. The zero-order valence-corrected chi connectivity index (χ0v) is 14.2. The lowest BCUT2D eigenvalue weighted by Crippen LogP contribution is -2.11. The van der Waals surface area contributed by atoms with Gasteiger partial charge in [-0.3, -0.25) is 4.79 Å². The Hall–Kier alpha value is -2.63. The highest BCUT2D eigenvalue weighted by Gasteiger charge is 2.20. The van der Waals surface area contributed by atoms with Gasteiger partial charge in [-0.05, 0) is 42.5 Å². The molecule has 7 heteroatoms. The smallest absolute Gasteiger partial charge is 0.291 e. The summed E-state index contributed by atoms with van der Waals surface area (Å²) in [6.07, 6.45) is 0. The number of nitrogens with one attached hydrogen (secondary N) is 1. The van der Waals surface area contributed by atoms with E-state index in [0.717, 1.165) is 0 Å². The van der Waals surface area contributed by atoms with Crippen LogP contribution in [-0.4, -0.2) is 12.7 Å². The van der Waals surface area contributed by atoms with Crippen molar-refractivity contribution in [3.63, 3.8) is 0 Å². The minimum atomic E-state index is -0.403. The summed E-state index contributed by atoms with van der Waals surface area (Å²) in [5, 5.41) is 3.73. The van der Waals surface area contributed by atoms with Crippen LogP contribution in [0.1, 0.15) is 10.6 Å². The molecule has 0 saturated heterocycles. The first-order valence-electron chi connectivity index (χ1n) is 7.37. The third-order valence-electron chi connectivity index (χ3n) is 3.67. The first-order chi connectivity index (χ1) is 12.1. The summed E-state index contributed by atoms with van der Waals surface area (Å²) >= 11 is 12.1. The molecule has 5 nitrogen and oxygen atoms in total. The van der Waals surface area contributed by atoms with E-state index >= 15 is 0 Å². The van der Waals surface area contributed by atoms with Crippen molar-refractivity contribution >= 4 is 34.8 Å². The zero-order valence-electron chi connectivity index (χ0n) is 12.7. The Morgan fingerprint density at radius 2 is 1.92 bits per heavy atom. The van der Waals surface area contributed by atoms with Gasteiger partial charge in [0.15, 0.2) is 17.3 Å². The highest BCUT2D eigenvalue weighted by atomic mass is 35.5. The number of hydrogen-bond donors (Lipinski definition) is 1. The number of amides is 1. The topological polar surface area (TPSA) is 60.7 Å². The Morgan fingerprint density at radius 1 is 1.04 bits per heavy atom. The van der Waals surface area contributed by atoms with Crippen molar-refractivity contribution in [2.75, 3.05) is 12.1 Å². The van der Waals surface area contributed by atoms with Crippen LogP contribution in [-0.2, 0) is 0 Å². The maximum absolute atomic E-state index is 12.4. The van der Waals surface area contributed by atoms with Gasteiger partial charge in [0.2, 0.25) is 6.79 Å². The van der Waals surface area contributed by atoms with Crippen LogP contribution >= 0.6 is 23.2 Å². The molecule has 0 fully saturated rings. The summed E-state index contributed by atoms with van der Waals surface area (Å²) < 4.78 is 16.3. The summed E-state index contributed by atoms with van der Waals surface area (Å²) in [6, 6.07) is 13.6. The number of fused-ring (bicyclic) bond motifs is 1. The molecular weight excluding hydrogens is 365 g/mol. The Bertz CT molecular complexity index is 967. The van der Waals surface area contributed by atoms with Gasteiger partial charge in [-0.25, -0.2) is 0 Å². The number of rotatable bonds is 3. The second kappa shape index (κ2) is 6.35. The average molecular weight is 376 g/mol. The van der Waals surface area contributed by atoms with Crippen molar-refractivity contribution in [1.29, 1.82) is 0 Å². The largest absolute Gasteiger partial charge is 0.454 e. The van der Waals surface area contributed by atoms with Crippen LogP contribution < -0.4 is 14.8 Å². The van der Waals surface area contributed by atoms with E-state index in [1.807, 2.05) is 0 Å². The molecule has 4 rings (SSSR count). The van der Waals surface area contributed by atoms with Crippen LogP contribution in [0.5, 0.6) is 11.5 Å². The predicted octanol–water partition coefficient (Wildman–Crippen LogP) is 5.23. The predicted molar refractivity (Wildman–Crippen MR) is 94.7 cm³/mol. The average Bonchev–Trinajstić information content (AvgIpc) is 3.24. The van der Waals surface area contributed by atoms with Crippen LogP contribution in [0.4, 0.5) is 5.69 Å². The van der Waals surface area contributed by atoms with Crippen LogP contribution in [0.3, 0.4) is 0 Å². The Morgan fingerprint density at radius 3 is 2.76 bits per heavy atom. The number of ether oxygens (including phenoxy) is 2. The molecule has 1 aliphatic rings. The quantitative estimate of drug-likeness (QED) is 0.680. The molecule has 126 valence electrons. The number of benzene rings is 2. The normalized spacial score (nSPS) is 12.2. The molecule has 2 heterocycles. The van der Waals surface area contributed by atoms with E-state index in [2.05, 4.69) is 5.32 Å². The highest BCUT2D eigenvalue weighted by Crippen LogP contribution is 2.39. The second-order valence-corrected chi connectivity index (χ2v) is 6.13. The number of para-hydroxylation sites is 1. The summed E-state index contributed by atoms with van der Waals surface area (Å²) in [5.41, 5.74) is 1.17. The molecule has 1 N–H and O–H groups in total. The molecule has 0 radical (unpaired) electrons. The van der Waals surface area contributed by atoms with Gasteiger partial charge in [0.1, 0.15) is 5.76 Å². The first kappa shape index (κ1) is 15.9. The second-order valence-electron chi connectivity index (χ2n) is 5.28. The number of carbonyl (C=O) groups excluding carboxylic acids is 1. The fourth-order valence-electron chi connectivity index (χ4n) is 2.51. The number of anilines is 1. The Balaban J connectivity index is 1.58. The Kier molecular flexibility index (Phi) is 4.03. The third kappa shape index (κ3) is 3.04. The van der Waals surface area contributed by atoms with Crippen LogP contribution in [0.25, 0.3) is 11.3 Å². The molecule has 1 amide bonds. The van der Waals surface area contributed by atoms with Gasteiger partial charge in [0, 0.05) is 10.6 Å². The first-order valence-corrected chi connectivity index (χ1v) is 8.12. The lowest BCUT2D eigenvalue weighted by molar-refractivity contribution is 0.0996. The molecule has 0 saturated carbocycles. The van der Waals surface area contributed by atoms with Gasteiger partial charge in [0.05, 0.1) is 10.7 Å². The van der Waals surface area contributed by atoms with E-state index in [1.54, 1.807) is 48.5 Å². The standard InChI is InChI=1S/C18H11Cl2NO4/c19-10-4-5-11(12(20)8-10)14-6-7-16(25-14)18(22)21-13-2-1-3-15-17(13)24-9-23-15/h1-8H,9H2,(H,21,22). The van der Waals surface area contributed by atoms with Gasteiger partial charge < -0.3 is 19.2 Å². The monoisotopic (exact) mass is 375 g/mol. The molecule has 0 aliphatic carbocycles. The van der Waals surface area contributed by atoms with E-state index in [4.69, 9.17) is 37.1 Å². The molecule has 25 heavy (non-hydrogen) atoms. The van der Waals surface area contributed by atoms with Crippen molar-refractivity contribution in [3.05, 3.63) is 64.3 Å². The summed E-state index contributed by atoms with van der Waals surface area (Å²) in [7, 11) is 0. The van der Waals surface area contributed by atoms with Gasteiger partial charge in [-0.1, -0.05) is 29.3 Å². The molecule has 0 unspecified atom stereocenters. The minimum absolute atomic E-state index is 0.127. The van der Waals surface area contributed by atoms with E-state index < -0.39 is 5.91 Å². The van der Waals surface area contributed by atoms with E-state index in [9.17, 15) is 4.79 Å². The lowest BCUT2D eigenvalue weighted by Gasteiger charge is -2.06. The summed E-state index contributed by atoms with van der Waals surface area (Å²) in [5.74, 6) is 1.32. The van der Waals surface area contributed by atoms with Crippen molar-refractivity contribution in [2.45, 2.75) is 0 Å². The van der Waals surface area contributed by atoms with Crippen LogP contribution in [0, 0.1) is 0 Å². The maximum Gasteiger partial charge on any atom is 0.291 e. The lowest BCUT2D eigenvalue weighted by atomic mass is 10.2. The number of halogens is 2. The Labute approximate surface area is 153 Å². The molecule has 1 aliphatic heterocycles. The van der Waals surface area contributed by atoms with Gasteiger partial charge in [-0.2, -0.15) is 0 Å². The molecule has 1 aromatic heterocycles. The third-order valence-corrected chi connectivity index (χ3v) is 4.22. The van der Waals surface area contributed by atoms with Gasteiger partial charge in [-0.15, -0.1) is 0 Å². The van der Waals surface area contributed by atoms with E-state index in [0.29, 0.717) is 38.6 Å². The molecule has 2 aromatic carbocycles. The minimum Gasteiger partial charge on any atom is -0.454 e.